The summed E-state index contributed by atoms with van der Waals surface area (Å²) in [4.78, 5) is 65.3. The van der Waals surface area contributed by atoms with Crippen molar-refractivity contribution in [3.63, 3.8) is 0 Å². The Morgan fingerprint density at radius 2 is 1.59 bits per heavy atom. The number of hydrogen-bond acceptors (Lipinski definition) is 12. The summed E-state index contributed by atoms with van der Waals surface area (Å²) in [5.74, 6) is -2.82. The molecular formula is C37H50ClN3O10. The van der Waals surface area contributed by atoms with Crippen molar-refractivity contribution in [3.8, 4) is 0 Å². The van der Waals surface area contributed by atoms with Gasteiger partial charge < -0.3 is 34.3 Å². The first-order valence-electron chi connectivity index (χ1n) is 17.4. The average molecular weight is 732 g/mol. The summed E-state index contributed by atoms with van der Waals surface area (Å²) in [5, 5.41) is 13.3. The van der Waals surface area contributed by atoms with Crippen LogP contribution in [0.15, 0.2) is 36.5 Å². The van der Waals surface area contributed by atoms with Crippen molar-refractivity contribution in [1.82, 2.24) is 4.98 Å². The molecule has 14 heteroatoms. The molecule has 1 heterocycles. The van der Waals surface area contributed by atoms with Gasteiger partial charge >= 0.3 is 29.8 Å². The van der Waals surface area contributed by atoms with Gasteiger partial charge in [-0.15, -0.1) is 0 Å². The number of nitrogens with one attached hydrogen (secondary N) is 1. The molecule has 0 amide bonds. The molecule has 0 bridgehead atoms. The highest BCUT2D eigenvalue weighted by molar-refractivity contribution is 6.29. The van der Waals surface area contributed by atoms with E-state index in [4.69, 9.17) is 30.5 Å². The van der Waals surface area contributed by atoms with Crippen molar-refractivity contribution >= 4 is 58.5 Å². The van der Waals surface area contributed by atoms with E-state index in [2.05, 4.69) is 29.0 Å². The van der Waals surface area contributed by atoms with Crippen molar-refractivity contribution in [1.29, 1.82) is 0 Å². The van der Waals surface area contributed by atoms with Crippen LogP contribution < -0.4 is 10.2 Å². The number of carboxylic acids is 1. The first-order valence-corrected chi connectivity index (χ1v) is 17.7. The number of pyridine rings is 1. The molecule has 280 valence electrons. The molecule has 2 aromatic rings. The first-order chi connectivity index (χ1) is 24.2. The zero-order valence-corrected chi connectivity index (χ0v) is 30.8. The maximum atomic E-state index is 12.7. The summed E-state index contributed by atoms with van der Waals surface area (Å²) in [6.45, 7) is 8.94. The smallest absolute Gasteiger partial charge is 0.306 e. The van der Waals surface area contributed by atoms with E-state index in [1.807, 2.05) is 31.2 Å². The number of carbonyl (C=O) groups excluding carboxylic acids is 4. The Bertz CT molecular complexity index is 1460. The van der Waals surface area contributed by atoms with Gasteiger partial charge in [0, 0.05) is 39.3 Å². The Labute approximate surface area is 304 Å². The summed E-state index contributed by atoms with van der Waals surface area (Å²) < 4.78 is 20.8. The van der Waals surface area contributed by atoms with Crippen molar-refractivity contribution in [2.75, 3.05) is 30.0 Å². The molecule has 1 atom stereocenters. The molecule has 1 fully saturated rings. The molecule has 51 heavy (non-hydrogen) atoms. The van der Waals surface area contributed by atoms with E-state index in [0.29, 0.717) is 23.9 Å². The molecule has 0 radical (unpaired) electrons. The van der Waals surface area contributed by atoms with Crippen molar-refractivity contribution < 1.29 is 48.0 Å². The van der Waals surface area contributed by atoms with Gasteiger partial charge in [0.1, 0.15) is 24.5 Å². The molecule has 1 aliphatic rings. The minimum Gasteiger partial charge on any atom is -0.481 e. The Hall–Kier alpha value is -4.39. The summed E-state index contributed by atoms with van der Waals surface area (Å²) in [5.41, 5.74) is 3.48. The van der Waals surface area contributed by atoms with Gasteiger partial charge in [-0.3, -0.25) is 24.0 Å². The number of esters is 4. The highest BCUT2D eigenvalue weighted by Crippen LogP contribution is 2.38. The fourth-order valence-corrected chi connectivity index (χ4v) is 6.02. The quantitative estimate of drug-likeness (QED) is 0.0903. The zero-order chi connectivity index (χ0) is 37.5. The van der Waals surface area contributed by atoms with E-state index in [1.165, 1.54) is 13.8 Å². The number of carbonyl (C=O) groups is 5. The number of halogens is 1. The number of ether oxygens (including phenoxy) is 4. The third kappa shape index (κ3) is 14.8. The normalized spacial score (nSPS) is 16.2. The highest BCUT2D eigenvalue weighted by Gasteiger charge is 2.30. The maximum Gasteiger partial charge on any atom is 0.306 e. The summed E-state index contributed by atoms with van der Waals surface area (Å²) in [6.07, 6.45) is 3.62. The Morgan fingerprint density at radius 3 is 2.16 bits per heavy atom. The van der Waals surface area contributed by atoms with Crippen LogP contribution in [0.2, 0.25) is 5.15 Å². The van der Waals surface area contributed by atoms with Gasteiger partial charge in [-0.05, 0) is 73.8 Å². The Morgan fingerprint density at radius 1 is 0.941 bits per heavy atom. The topological polar surface area (TPSA) is 171 Å². The lowest BCUT2D eigenvalue weighted by atomic mass is 9.90. The Balaban J connectivity index is 1.61. The van der Waals surface area contributed by atoms with Crippen LogP contribution in [0.4, 0.5) is 17.1 Å². The second kappa shape index (κ2) is 20.5. The van der Waals surface area contributed by atoms with Gasteiger partial charge in [0.05, 0.1) is 29.7 Å². The molecule has 1 aliphatic carbocycles. The molecule has 13 nitrogen and oxygen atoms in total. The van der Waals surface area contributed by atoms with Crippen LogP contribution in [0, 0.1) is 5.92 Å². The fraction of sp³-hybridized carbons (Fsp3) is 0.568. The van der Waals surface area contributed by atoms with Crippen molar-refractivity contribution in [2.24, 2.45) is 5.92 Å². The molecular weight excluding hydrogens is 682 g/mol. The largest absolute Gasteiger partial charge is 0.481 e. The van der Waals surface area contributed by atoms with E-state index in [0.717, 1.165) is 42.0 Å². The number of hydrogen-bond donors (Lipinski definition) is 2. The van der Waals surface area contributed by atoms with Crippen molar-refractivity contribution in [2.45, 2.75) is 110 Å². The monoisotopic (exact) mass is 731 g/mol. The van der Waals surface area contributed by atoms with E-state index in [9.17, 15) is 29.1 Å². The SMILES string of the molecule is CC(=O)OCC(COC(C)=O)OC(=O)CCCC(=O)OC1CCC(N(CC(C)C)c2ccc([C@H](C)CC(=O)O)cc2Nc2ccc(Cl)nc2)CC1. The molecule has 0 spiro atoms. The summed E-state index contributed by atoms with van der Waals surface area (Å²) in [7, 11) is 0. The minimum atomic E-state index is -0.942. The van der Waals surface area contributed by atoms with Crippen LogP contribution in [0.5, 0.6) is 0 Å². The van der Waals surface area contributed by atoms with E-state index < -0.39 is 36.0 Å². The van der Waals surface area contributed by atoms with Crippen LogP contribution in [0.3, 0.4) is 0 Å². The lowest BCUT2D eigenvalue weighted by Crippen LogP contribution is -2.42. The standard InChI is InChI=1S/C37H50ClN3O10/c1-23(2)20-41(33-15-9-27(24(3)17-35(44)45)18-32(33)40-28-10-16-34(38)39-19-28)29-11-13-30(14-12-29)50-36(46)7-6-8-37(47)51-31(21-48-25(4)42)22-49-26(5)43/h9-10,15-16,18-19,23-24,29-31,40H,6-8,11-14,17,20-22H2,1-5H3,(H,44,45)/t24-,29?,30?/m1/s1. The summed E-state index contributed by atoms with van der Waals surface area (Å²) in [6, 6.07) is 9.77. The third-order valence-corrected chi connectivity index (χ3v) is 8.56. The predicted octanol–water partition coefficient (Wildman–Crippen LogP) is 6.58. The molecule has 3 rings (SSSR count). The van der Waals surface area contributed by atoms with Gasteiger partial charge in [0.2, 0.25) is 0 Å². The second-order valence-corrected chi connectivity index (χ2v) is 13.7. The molecule has 1 saturated carbocycles. The molecule has 1 aromatic heterocycles. The number of aliphatic carboxylic acids is 1. The number of benzene rings is 1. The van der Waals surface area contributed by atoms with Crippen LogP contribution in [0.25, 0.3) is 0 Å². The Kier molecular flexibility index (Phi) is 16.5. The van der Waals surface area contributed by atoms with Crippen LogP contribution in [0.1, 0.15) is 97.5 Å². The van der Waals surface area contributed by atoms with Gasteiger partial charge in [0.15, 0.2) is 6.10 Å². The molecule has 0 aliphatic heterocycles. The zero-order valence-electron chi connectivity index (χ0n) is 30.0. The van der Waals surface area contributed by atoms with Gasteiger partial charge in [-0.1, -0.05) is 38.4 Å². The number of nitrogens with zero attached hydrogens (tertiary/aromatic N) is 2. The average Bonchev–Trinajstić information content (AvgIpc) is 3.06. The molecule has 2 N–H and O–H groups in total. The molecule has 0 saturated heterocycles. The first kappa shape index (κ1) is 41.0. The van der Waals surface area contributed by atoms with Crippen LogP contribution >= 0.6 is 11.6 Å². The third-order valence-electron chi connectivity index (χ3n) is 8.34. The van der Waals surface area contributed by atoms with Gasteiger partial charge in [-0.2, -0.15) is 0 Å². The lowest BCUT2D eigenvalue weighted by Gasteiger charge is -2.40. The predicted molar refractivity (Wildman–Crippen MR) is 191 cm³/mol. The summed E-state index contributed by atoms with van der Waals surface area (Å²) >= 11 is 6.03. The maximum absolute atomic E-state index is 12.7. The fourth-order valence-electron chi connectivity index (χ4n) is 5.91. The molecule has 0 unspecified atom stereocenters. The van der Waals surface area contributed by atoms with Crippen LogP contribution in [-0.4, -0.2) is 77.9 Å². The number of aromatic nitrogens is 1. The van der Waals surface area contributed by atoms with E-state index >= 15 is 0 Å². The lowest BCUT2D eigenvalue weighted by molar-refractivity contribution is -0.165. The minimum absolute atomic E-state index is 0.0135. The van der Waals surface area contributed by atoms with E-state index in [-0.39, 0.29) is 57.0 Å². The van der Waals surface area contributed by atoms with Crippen LogP contribution in [-0.2, 0) is 42.9 Å². The van der Waals surface area contributed by atoms with Crippen molar-refractivity contribution in [3.05, 3.63) is 47.2 Å². The second-order valence-electron chi connectivity index (χ2n) is 13.3. The van der Waals surface area contributed by atoms with Gasteiger partial charge in [0.25, 0.3) is 0 Å². The number of carboxylic acid groups (broad SMARTS) is 1. The molecule has 1 aromatic carbocycles. The van der Waals surface area contributed by atoms with Gasteiger partial charge in [-0.25, -0.2) is 4.98 Å². The number of rotatable bonds is 19. The number of anilines is 3. The highest BCUT2D eigenvalue weighted by atomic mass is 35.5. The van der Waals surface area contributed by atoms with E-state index in [1.54, 1.807) is 12.3 Å².